The first kappa shape index (κ1) is 18.2. The van der Waals surface area contributed by atoms with E-state index >= 15 is 0 Å². The Morgan fingerprint density at radius 1 is 1.26 bits per heavy atom. The molecule has 0 aromatic heterocycles. The van der Waals surface area contributed by atoms with Crippen LogP contribution in [0.2, 0.25) is 0 Å². The van der Waals surface area contributed by atoms with E-state index in [-0.39, 0.29) is 16.4 Å². The zero-order valence-electron chi connectivity index (χ0n) is 13.4. The largest absolute Gasteiger partial charge is 0.308 e. The Morgan fingerprint density at radius 3 is 2.39 bits per heavy atom. The van der Waals surface area contributed by atoms with E-state index in [0.29, 0.717) is 12.5 Å². The second-order valence-electron chi connectivity index (χ2n) is 6.19. The molecular weight excluding hydrogens is 334 g/mol. The Balaban J connectivity index is 2.34. The molecule has 2 rings (SSSR count). The van der Waals surface area contributed by atoms with E-state index in [0.717, 1.165) is 5.56 Å². The third-order valence-electron chi connectivity index (χ3n) is 4.10. The molecule has 1 aromatic rings. The van der Waals surface area contributed by atoms with Gasteiger partial charge in [-0.3, -0.25) is 0 Å². The Bertz CT molecular complexity index is 765. The van der Waals surface area contributed by atoms with Gasteiger partial charge >= 0.3 is 0 Å². The number of sulfone groups is 2. The minimum atomic E-state index is -3.71. The number of nitrogens with one attached hydrogen (secondary N) is 1. The van der Waals surface area contributed by atoms with Crippen molar-refractivity contribution in [2.75, 3.05) is 18.1 Å². The standard InChI is InChI=1S/C16H23NO4S2/c1-4-9-17-15-10-22(18,19)11-16(15)23(20,21)14-7-5-13(6-8-14)12(2)3/h4-8,12,15-17H,1,9-11H2,2-3H3/t15-,16-/m0/s1. The van der Waals surface area contributed by atoms with E-state index in [1.165, 1.54) is 0 Å². The van der Waals surface area contributed by atoms with Crippen LogP contribution in [0.25, 0.3) is 0 Å². The molecule has 0 bridgehead atoms. The van der Waals surface area contributed by atoms with E-state index in [1.807, 2.05) is 13.8 Å². The van der Waals surface area contributed by atoms with Crippen LogP contribution in [0.1, 0.15) is 25.3 Å². The Hall–Kier alpha value is -1.18. The summed E-state index contributed by atoms with van der Waals surface area (Å²) < 4.78 is 49.5. The van der Waals surface area contributed by atoms with Crippen molar-refractivity contribution in [2.45, 2.75) is 36.0 Å². The molecule has 1 heterocycles. The molecule has 0 radical (unpaired) electrons. The van der Waals surface area contributed by atoms with E-state index in [9.17, 15) is 16.8 Å². The van der Waals surface area contributed by atoms with Gasteiger partial charge < -0.3 is 5.32 Å². The van der Waals surface area contributed by atoms with Crippen molar-refractivity contribution in [3.8, 4) is 0 Å². The van der Waals surface area contributed by atoms with Crippen LogP contribution in [-0.2, 0) is 19.7 Å². The Morgan fingerprint density at radius 2 is 1.87 bits per heavy atom. The monoisotopic (exact) mass is 357 g/mol. The van der Waals surface area contributed by atoms with Crippen LogP contribution < -0.4 is 5.32 Å². The summed E-state index contributed by atoms with van der Waals surface area (Å²) in [6.07, 6.45) is 1.59. The lowest BCUT2D eigenvalue weighted by molar-refractivity contribution is 0.544. The first-order valence-corrected chi connectivity index (χ1v) is 10.9. The summed E-state index contributed by atoms with van der Waals surface area (Å²) in [5.74, 6) is -0.189. The molecule has 0 spiro atoms. The smallest absolute Gasteiger partial charge is 0.183 e. The maximum Gasteiger partial charge on any atom is 0.183 e. The van der Waals surface area contributed by atoms with Crippen LogP contribution in [0.15, 0.2) is 41.8 Å². The molecule has 1 saturated heterocycles. The topological polar surface area (TPSA) is 80.3 Å². The van der Waals surface area contributed by atoms with Gasteiger partial charge in [-0.2, -0.15) is 0 Å². The Kier molecular flexibility index (Phi) is 5.33. The predicted molar refractivity (Wildman–Crippen MR) is 92.1 cm³/mol. The highest BCUT2D eigenvalue weighted by molar-refractivity contribution is 7.96. The molecule has 0 amide bonds. The van der Waals surface area contributed by atoms with Crippen LogP contribution in [0.4, 0.5) is 0 Å². The average Bonchev–Trinajstić information content (AvgIpc) is 2.81. The molecule has 1 aromatic carbocycles. The van der Waals surface area contributed by atoms with Crippen molar-refractivity contribution >= 4 is 19.7 Å². The maximum atomic E-state index is 12.8. The normalized spacial score (nSPS) is 24.0. The maximum absolute atomic E-state index is 12.8. The van der Waals surface area contributed by atoms with Crippen LogP contribution in [-0.4, -0.2) is 46.2 Å². The fourth-order valence-electron chi connectivity index (χ4n) is 2.76. The van der Waals surface area contributed by atoms with Crippen LogP contribution >= 0.6 is 0 Å². The molecule has 0 unspecified atom stereocenters. The average molecular weight is 357 g/mol. The highest BCUT2D eigenvalue weighted by Gasteiger charge is 2.45. The van der Waals surface area contributed by atoms with Crippen LogP contribution in [0.3, 0.4) is 0 Å². The second-order valence-corrected chi connectivity index (χ2v) is 10.5. The number of benzene rings is 1. The van der Waals surface area contributed by atoms with Gasteiger partial charge in [0.25, 0.3) is 0 Å². The van der Waals surface area contributed by atoms with Crippen molar-refractivity contribution in [2.24, 2.45) is 0 Å². The zero-order valence-corrected chi connectivity index (χ0v) is 15.0. The lowest BCUT2D eigenvalue weighted by atomic mass is 10.0. The van der Waals surface area contributed by atoms with Gasteiger partial charge in [0.05, 0.1) is 21.7 Å². The molecule has 0 aliphatic carbocycles. The first-order chi connectivity index (χ1) is 10.7. The lowest BCUT2D eigenvalue weighted by Gasteiger charge is -2.19. The molecule has 23 heavy (non-hydrogen) atoms. The zero-order chi connectivity index (χ0) is 17.3. The van der Waals surface area contributed by atoms with E-state index in [4.69, 9.17) is 0 Å². The Labute approximate surface area is 138 Å². The van der Waals surface area contributed by atoms with Crippen molar-refractivity contribution in [3.05, 3.63) is 42.5 Å². The highest BCUT2D eigenvalue weighted by atomic mass is 32.2. The third-order valence-corrected chi connectivity index (χ3v) is 8.27. The molecule has 1 N–H and O–H groups in total. The van der Waals surface area contributed by atoms with Crippen molar-refractivity contribution < 1.29 is 16.8 Å². The summed E-state index contributed by atoms with van der Waals surface area (Å²) in [6, 6.07) is 6.11. The predicted octanol–water partition coefficient (Wildman–Crippen LogP) is 1.52. The van der Waals surface area contributed by atoms with Gasteiger partial charge in [0.2, 0.25) is 0 Å². The summed E-state index contributed by atoms with van der Waals surface area (Å²) in [5, 5.41) is 2.01. The van der Waals surface area contributed by atoms with Gasteiger partial charge in [-0.15, -0.1) is 6.58 Å². The summed E-state index contributed by atoms with van der Waals surface area (Å²) in [4.78, 5) is 0.175. The molecular formula is C16H23NO4S2. The molecule has 1 aliphatic heterocycles. The molecule has 0 saturated carbocycles. The lowest BCUT2D eigenvalue weighted by Crippen LogP contribution is -2.43. The number of hydrogen-bond acceptors (Lipinski definition) is 5. The minimum Gasteiger partial charge on any atom is -0.308 e. The van der Waals surface area contributed by atoms with E-state index < -0.39 is 31.0 Å². The quantitative estimate of drug-likeness (QED) is 0.781. The fourth-order valence-corrected chi connectivity index (χ4v) is 7.48. The van der Waals surface area contributed by atoms with Gasteiger partial charge in [0, 0.05) is 12.6 Å². The fraction of sp³-hybridized carbons (Fsp3) is 0.500. The van der Waals surface area contributed by atoms with Crippen LogP contribution in [0, 0.1) is 0 Å². The van der Waals surface area contributed by atoms with Crippen molar-refractivity contribution in [1.82, 2.24) is 5.32 Å². The van der Waals surface area contributed by atoms with Gasteiger partial charge in [0.15, 0.2) is 19.7 Å². The molecule has 7 heteroatoms. The van der Waals surface area contributed by atoms with Crippen LogP contribution in [0.5, 0.6) is 0 Å². The first-order valence-electron chi connectivity index (χ1n) is 7.56. The van der Waals surface area contributed by atoms with E-state index in [1.54, 1.807) is 30.3 Å². The summed E-state index contributed by atoms with van der Waals surface area (Å²) in [6.45, 7) is 8.00. The second kappa shape index (κ2) is 6.75. The number of hydrogen-bond donors (Lipinski definition) is 1. The molecule has 128 valence electrons. The van der Waals surface area contributed by atoms with Gasteiger partial charge in [-0.25, -0.2) is 16.8 Å². The summed E-state index contributed by atoms with van der Waals surface area (Å²) in [7, 11) is -7.07. The van der Waals surface area contributed by atoms with Crippen molar-refractivity contribution in [3.63, 3.8) is 0 Å². The SMILES string of the molecule is C=CCN[C@H]1CS(=O)(=O)C[C@@H]1S(=O)(=O)c1ccc(C(C)C)cc1. The number of rotatable bonds is 6. The summed E-state index contributed by atoms with van der Waals surface area (Å²) >= 11 is 0. The molecule has 2 atom stereocenters. The van der Waals surface area contributed by atoms with Gasteiger partial charge in [-0.1, -0.05) is 32.1 Å². The highest BCUT2D eigenvalue weighted by Crippen LogP contribution is 2.27. The molecule has 1 aliphatic rings. The molecule has 5 nitrogen and oxygen atoms in total. The third kappa shape index (κ3) is 4.02. The minimum absolute atomic E-state index is 0.158. The summed E-state index contributed by atoms with van der Waals surface area (Å²) in [5.41, 5.74) is 1.05. The van der Waals surface area contributed by atoms with Gasteiger partial charge in [0.1, 0.15) is 0 Å². The van der Waals surface area contributed by atoms with Crippen molar-refractivity contribution in [1.29, 1.82) is 0 Å². The van der Waals surface area contributed by atoms with Gasteiger partial charge in [-0.05, 0) is 23.6 Å². The molecule has 1 fully saturated rings. The van der Waals surface area contributed by atoms with E-state index in [2.05, 4.69) is 11.9 Å².